The Morgan fingerprint density at radius 2 is 2.00 bits per heavy atom. The van der Waals surface area contributed by atoms with Crippen LogP contribution in [0.3, 0.4) is 0 Å². The van der Waals surface area contributed by atoms with Crippen molar-refractivity contribution in [3.8, 4) is 0 Å². The van der Waals surface area contributed by atoms with Crippen molar-refractivity contribution in [1.29, 1.82) is 0 Å². The predicted molar refractivity (Wildman–Crippen MR) is 71.3 cm³/mol. The van der Waals surface area contributed by atoms with Crippen LogP contribution in [0.2, 0.25) is 0 Å². The second-order valence-electron chi connectivity index (χ2n) is 5.43. The highest BCUT2D eigenvalue weighted by Crippen LogP contribution is 2.24. The van der Waals surface area contributed by atoms with Crippen molar-refractivity contribution in [2.75, 3.05) is 31.7 Å². The molecule has 0 bridgehead atoms. The Labute approximate surface area is 118 Å². The van der Waals surface area contributed by atoms with E-state index in [0.717, 1.165) is 6.26 Å². The van der Waals surface area contributed by atoms with Crippen LogP contribution in [-0.2, 0) is 19.4 Å². The molecule has 2 amide bonds. The van der Waals surface area contributed by atoms with E-state index < -0.39 is 34.1 Å². The Balaban J connectivity index is 2.36. The lowest BCUT2D eigenvalue weighted by atomic mass is 9.97. The minimum absolute atomic E-state index is 0.126. The van der Waals surface area contributed by atoms with Crippen LogP contribution in [0.4, 0.5) is 4.79 Å². The van der Waals surface area contributed by atoms with Gasteiger partial charge in [0, 0.05) is 12.3 Å². The van der Waals surface area contributed by atoms with Gasteiger partial charge in [-0.05, 0) is 13.8 Å². The van der Waals surface area contributed by atoms with Gasteiger partial charge in [-0.15, -0.1) is 0 Å². The van der Waals surface area contributed by atoms with Crippen molar-refractivity contribution in [3.05, 3.63) is 0 Å². The van der Waals surface area contributed by atoms with E-state index in [4.69, 9.17) is 9.84 Å². The highest BCUT2D eigenvalue weighted by atomic mass is 32.2. The summed E-state index contributed by atoms with van der Waals surface area (Å²) in [6.07, 6.45) is 1.11. The lowest BCUT2D eigenvalue weighted by molar-refractivity contribution is -0.159. The average molecular weight is 308 g/mol. The highest BCUT2D eigenvalue weighted by Gasteiger charge is 2.43. The molecule has 8 nitrogen and oxygen atoms in total. The fourth-order valence-corrected chi connectivity index (χ4v) is 3.02. The first kappa shape index (κ1) is 16.7. The summed E-state index contributed by atoms with van der Waals surface area (Å²) in [5, 5.41) is 11.1. The summed E-state index contributed by atoms with van der Waals surface area (Å²) in [5.74, 6) is -1.18. The summed E-state index contributed by atoms with van der Waals surface area (Å²) >= 11 is 0. The summed E-state index contributed by atoms with van der Waals surface area (Å²) in [5.41, 5.74) is -0.657. The van der Waals surface area contributed by atoms with Gasteiger partial charge in [0.05, 0.1) is 18.8 Å². The second-order valence-corrected chi connectivity index (χ2v) is 7.62. The molecule has 116 valence electrons. The summed E-state index contributed by atoms with van der Waals surface area (Å²) in [6.45, 7) is 3.48. The number of carboxylic acid groups (broad SMARTS) is 1. The zero-order chi connectivity index (χ0) is 15.6. The fourth-order valence-electron chi connectivity index (χ4n) is 2.03. The van der Waals surface area contributed by atoms with Crippen molar-refractivity contribution < 1.29 is 27.9 Å². The summed E-state index contributed by atoms with van der Waals surface area (Å²) < 4.78 is 27.4. The van der Waals surface area contributed by atoms with Gasteiger partial charge in [-0.1, -0.05) is 0 Å². The molecule has 1 saturated heterocycles. The van der Waals surface area contributed by atoms with Gasteiger partial charge in [-0.25, -0.2) is 18.0 Å². The first-order valence-electron chi connectivity index (χ1n) is 6.10. The second kappa shape index (κ2) is 5.96. The molecule has 0 aromatic carbocycles. The molecule has 0 radical (unpaired) electrons. The van der Waals surface area contributed by atoms with Gasteiger partial charge in [-0.3, -0.25) is 0 Å². The largest absolute Gasteiger partial charge is 0.480 e. The maximum Gasteiger partial charge on any atom is 0.329 e. The summed E-state index contributed by atoms with van der Waals surface area (Å²) in [7, 11) is -3.15. The maximum atomic E-state index is 11.8. The molecular formula is C11H20N2O6S. The van der Waals surface area contributed by atoms with E-state index in [1.807, 2.05) is 0 Å². The van der Waals surface area contributed by atoms with Gasteiger partial charge in [0.2, 0.25) is 0 Å². The van der Waals surface area contributed by atoms with Crippen molar-refractivity contribution >= 4 is 21.8 Å². The molecule has 1 atom stereocenters. The number of hydrogen-bond acceptors (Lipinski definition) is 5. The first-order chi connectivity index (χ1) is 9.01. The van der Waals surface area contributed by atoms with Crippen LogP contribution in [0.1, 0.15) is 13.8 Å². The predicted octanol–water partition coefficient (Wildman–Crippen LogP) is -0.695. The Kier molecular flexibility index (Phi) is 4.98. The molecule has 9 heteroatoms. The van der Waals surface area contributed by atoms with Gasteiger partial charge in [0.1, 0.15) is 22.0 Å². The number of aliphatic carboxylic acids is 1. The zero-order valence-electron chi connectivity index (χ0n) is 11.7. The quantitative estimate of drug-likeness (QED) is 0.671. The van der Waals surface area contributed by atoms with Crippen molar-refractivity contribution in [1.82, 2.24) is 10.2 Å². The fraction of sp³-hybridized carbons (Fsp3) is 0.818. The van der Waals surface area contributed by atoms with E-state index in [9.17, 15) is 18.0 Å². The number of likely N-dealkylation sites (tertiary alicyclic amines) is 1. The zero-order valence-corrected chi connectivity index (χ0v) is 12.6. The molecule has 1 unspecified atom stereocenters. The van der Waals surface area contributed by atoms with Crippen LogP contribution in [0.25, 0.3) is 0 Å². The van der Waals surface area contributed by atoms with Crippen LogP contribution in [-0.4, -0.2) is 73.8 Å². The minimum atomic E-state index is -3.15. The molecule has 0 aliphatic carbocycles. The van der Waals surface area contributed by atoms with E-state index in [1.165, 1.54) is 4.90 Å². The Morgan fingerprint density at radius 3 is 2.45 bits per heavy atom. The monoisotopic (exact) mass is 308 g/mol. The standard InChI is InChI=1S/C11H20N2O6S/c1-8(5-20(3,17)18)12-10(16)13-6-11(2,7-13)19-4-9(14)15/h8H,4-7H2,1-3H3,(H,12,16)(H,14,15). The molecule has 0 saturated carbocycles. The van der Waals surface area contributed by atoms with E-state index in [0.29, 0.717) is 0 Å². The maximum absolute atomic E-state index is 11.8. The Bertz CT molecular complexity index is 483. The van der Waals surface area contributed by atoms with Crippen molar-refractivity contribution in [2.45, 2.75) is 25.5 Å². The van der Waals surface area contributed by atoms with Crippen LogP contribution < -0.4 is 5.32 Å². The SMILES string of the molecule is CC(CS(C)(=O)=O)NC(=O)N1CC(C)(OCC(=O)O)C1. The number of nitrogens with zero attached hydrogens (tertiary/aromatic N) is 1. The Morgan fingerprint density at radius 1 is 1.45 bits per heavy atom. The Hall–Kier alpha value is -1.35. The normalized spacial score (nSPS) is 19.1. The number of carbonyl (C=O) groups is 2. The van der Waals surface area contributed by atoms with Gasteiger partial charge in [0.25, 0.3) is 0 Å². The van der Waals surface area contributed by atoms with E-state index in [-0.39, 0.29) is 24.9 Å². The van der Waals surface area contributed by atoms with Gasteiger partial charge in [-0.2, -0.15) is 0 Å². The molecule has 0 spiro atoms. The number of hydrogen-bond donors (Lipinski definition) is 2. The number of ether oxygens (including phenoxy) is 1. The number of carboxylic acids is 1. The van der Waals surface area contributed by atoms with Crippen molar-refractivity contribution in [3.63, 3.8) is 0 Å². The third kappa shape index (κ3) is 5.33. The number of amides is 2. The topological polar surface area (TPSA) is 113 Å². The molecule has 1 rings (SSSR count). The number of carbonyl (C=O) groups excluding carboxylic acids is 1. The molecule has 20 heavy (non-hydrogen) atoms. The minimum Gasteiger partial charge on any atom is -0.480 e. The summed E-state index contributed by atoms with van der Waals surface area (Å²) in [6, 6.07) is -0.859. The lowest BCUT2D eigenvalue weighted by Gasteiger charge is -2.47. The highest BCUT2D eigenvalue weighted by molar-refractivity contribution is 7.90. The van der Waals surface area contributed by atoms with E-state index in [2.05, 4.69) is 5.32 Å². The van der Waals surface area contributed by atoms with Gasteiger partial charge in [0.15, 0.2) is 0 Å². The molecule has 1 fully saturated rings. The third-order valence-electron chi connectivity index (χ3n) is 2.80. The summed E-state index contributed by atoms with van der Waals surface area (Å²) in [4.78, 5) is 23.6. The van der Waals surface area contributed by atoms with Crippen LogP contribution >= 0.6 is 0 Å². The van der Waals surface area contributed by atoms with E-state index in [1.54, 1.807) is 13.8 Å². The van der Waals surface area contributed by atoms with Gasteiger partial charge < -0.3 is 20.1 Å². The van der Waals surface area contributed by atoms with Gasteiger partial charge >= 0.3 is 12.0 Å². The molecule has 0 aromatic rings. The molecule has 0 aromatic heterocycles. The molecule has 2 N–H and O–H groups in total. The number of rotatable bonds is 6. The number of sulfone groups is 1. The average Bonchev–Trinajstić information content (AvgIpc) is 2.19. The smallest absolute Gasteiger partial charge is 0.329 e. The molecular weight excluding hydrogens is 288 g/mol. The van der Waals surface area contributed by atoms with Crippen LogP contribution in [0.15, 0.2) is 0 Å². The number of urea groups is 1. The first-order valence-corrected chi connectivity index (χ1v) is 8.16. The number of nitrogens with one attached hydrogen (secondary N) is 1. The molecule has 1 aliphatic heterocycles. The lowest BCUT2D eigenvalue weighted by Crippen LogP contribution is -2.66. The molecule has 1 aliphatic rings. The van der Waals surface area contributed by atoms with Crippen molar-refractivity contribution in [2.24, 2.45) is 0 Å². The van der Waals surface area contributed by atoms with Crippen LogP contribution in [0, 0.1) is 0 Å². The van der Waals surface area contributed by atoms with E-state index >= 15 is 0 Å². The molecule has 1 heterocycles. The third-order valence-corrected chi connectivity index (χ3v) is 3.91. The van der Waals surface area contributed by atoms with Crippen LogP contribution in [0.5, 0.6) is 0 Å².